The molecule has 3 N–H and O–H groups in total. The number of rotatable bonds is 8. The molecule has 2 fully saturated rings. The fourth-order valence-corrected chi connectivity index (χ4v) is 7.17. The molecule has 0 radical (unpaired) electrons. The number of ketones is 2. The summed E-state index contributed by atoms with van der Waals surface area (Å²) in [6.45, 7) is 14.6. The van der Waals surface area contributed by atoms with E-state index in [-0.39, 0.29) is 58.8 Å². The molecule has 3 aliphatic carbocycles. The molecule has 1 aromatic rings. The molecule has 2 heterocycles. The third-order valence-electron chi connectivity index (χ3n) is 9.27. The van der Waals surface area contributed by atoms with Crippen molar-refractivity contribution in [3.8, 4) is 17.2 Å². The molecule has 41 heavy (non-hydrogen) atoms. The Labute approximate surface area is 240 Å². The molecule has 5 atom stereocenters. The lowest BCUT2D eigenvalue weighted by Crippen LogP contribution is -2.72. The third kappa shape index (κ3) is 3.91. The number of ether oxygens (including phenoxy) is 2. The summed E-state index contributed by atoms with van der Waals surface area (Å²) in [5.41, 5.74) is -1.71. The zero-order valence-electron chi connectivity index (χ0n) is 24.5. The molecule has 1 saturated heterocycles. The second-order valence-electron chi connectivity index (χ2n) is 12.7. The summed E-state index contributed by atoms with van der Waals surface area (Å²) in [5, 5.41) is 33.5. The molecule has 218 valence electrons. The number of Topliss-reactive ketones (excluding diaryl/α,β-unsaturated/α-hetero) is 2. The van der Waals surface area contributed by atoms with Gasteiger partial charge < -0.3 is 24.8 Å². The molecule has 8 heteroatoms. The number of carbonyl (C=O) groups excluding carboxylic acids is 3. The summed E-state index contributed by atoms with van der Waals surface area (Å²) in [6, 6.07) is 0. The van der Waals surface area contributed by atoms with Crippen LogP contribution in [0.3, 0.4) is 0 Å². The summed E-state index contributed by atoms with van der Waals surface area (Å²) in [5.74, 6) is -2.45. The van der Waals surface area contributed by atoms with Crippen LogP contribution in [0.1, 0.15) is 75.9 Å². The van der Waals surface area contributed by atoms with Crippen LogP contribution < -0.4 is 4.74 Å². The van der Waals surface area contributed by atoms with E-state index in [9.17, 15) is 29.7 Å². The van der Waals surface area contributed by atoms with E-state index in [0.717, 1.165) is 5.57 Å². The maximum Gasteiger partial charge on any atom is 0.200 e. The molecule has 5 aliphatic rings. The van der Waals surface area contributed by atoms with Crippen molar-refractivity contribution in [3.05, 3.63) is 63.8 Å². The number of carbonyl (C=O) groups is 3. The van der Waals surface area contributed by atoms with Crippen molar-refractivity contribution in [2.45, 2.75) is 90.1 Å². The normalized spacial score (nSPS) is 29.7. The van der Waals surface area contributed by atoms with Crippen LogP contribution >= 0.6 is 0 Å². The number of fused-ring (bicyclic) bond motifs is 1. The average molecular weight is 563 g/mol. The summed E-state index contributed by atoms with van der Waals surface area (Å²) >= 11 is 0. The first-order chi connectivity index (χ1) is 19.1. The summed E-state index contributed by atoms with van der Waals surface area (Å²) in [7, 11) is 0. The van der Waals surface area contributed by atoms with Gasteiger partial charge in [0.2, 0.25) is 0 Å². The summed E-state index contributed by atoms with van der Waals surface area (Å²) in [6.07, 6.45) is 5.26. The van der Waals surface area contributed by atoms with E-state index in [1.807, 2.05) is 33.8 Å². The van der Waals surface area contributed by atoms with Gasteiger partial charge >= 0.3 is 0 Å². The Morgan fingerprint density at radius 3 is 2.41 bits per heavy atom. The van der Waals surface area contributed by atoms with E-state index in [1.54, 1.807) is 26.0 Å². The van der Waals surface area contributed by atoms with Gasteiger partial charge in [0.1, 0.15) is 29.1 Å². The number of aldehydes is 1. The highest BCUT2D eigenvalue weighted by Gasteiger charge is 2.81. The van der Waals surface area contributed by atoms with E-state index in [1.165, 1.54) is 0 Å². The Kier molecular flexibility index (Phi) is 6.74. The largest absolute Gasteiger partial charge is 0.507 e. The number of aliphatic hydroxyl groups excluding tert-OH is 1. The van der Waals surface area contributed by atoms with Crippen molar-refractivity contribution < 1.29 is 39.2 Å². The van der Waals surface area contributed by atoms with Gasteiger partial charge in [-0.25, -0.2) is 0 Å². The van der Waals surface area contributed by atoms with Gasteiger partial charge in [-0.15, -0.1) is 0 Å². The highest BCUT2D eigenvalue weighted by molar-refractivity contribution is 6.18. The Morgan fingerprint density at radius 2 is 1.80 bits per heavy atom. The minimum absolute atomic E-state index is 0.00753. The Bertz CT molecular complexity index is 1490. The smallest absolute Gasteiger partial charge is 0.200 e. The number of allylic oxidation sites excluding steroid dienone is 4. The Balaban J connectivity index is 1.81. The molecular weight excluding hydrogens is 524 g/mol. The number of phenols is 2. The van der Waals surface area contributed by atoms with Gasteiger partial charge in [0.25, 0.3) is 0 Å². The van der Waals surface area contributed by atoms with Crippen LogP contribution in [0.25, 0.3) is 0 Å². The molecule has 8 nitrogen and oxygen atoms in total. The number of hydrogen-bond donors (Lipinski definition) is 3. The molecule has 1 spiro atoms. The second-order valence-corrected chi connectivity index (χ2v) is 12.7. The van der Waals surface area contributed by atoms with E-state index in [2.05, 4.69) is 6.58 Å². The first kappa shape index (κ1) is 29.0. The second kappa shape index (κ2) is 9.53. The SMILES string of the molecule is C=C(C)C(O)Cc1c(O)c(CC=C(C)C)c2c(c1O)C(=O)C1=C[C@@H]3C[C@H]4C(C)(C)O[C@@](C/C=C(\C)C=O)(C3=O)[C@@]14O2. The molecule has 1 unspecified atom stereocenters. The van der Waals surface area contributed by atoms with Crippen molar-refractivity contribution in [3.63, 3.8) is 0 Å². The lowest BCUT2D eigenvalue weighted by molar-refractivity contribution is -0.171. The summed E-state index contributed by atoms with van der Waals surface area (Å²) in [4.78, 5) is 40.0. The predicted molar refractivity (Wildman–Crippen MR) is 152 cm³/mol. The van der Waals surface area contributed by atoms with Crippen molar-refractivity contribution in [2.75, 3.05) is 0 Å². The highest BCUT2D eigenvalue weighted by atomic mass is 16.6. The maximum atomic E-state index is 14.5. The Hall–Kier alpha value is -3.49. The number of phenolic OH excluding ortho intramolecular Hbond substituents is 2. The van der Waals surface area contributed by atoms with Crippen LogP contribution in [0.2, 0.25) is 0 Å². The van der Waals surface area contributed by atoms with Gasteiger partial charge in [-0.1, -0.05) is 36.0 Å². The molecule has 0 aromatic heterocycles. The Morgan fingerprint density at radius 1 is 1.12 bits per heavy atom. The van der Waals surface area contributed by atoms with E-state index in [0.29, 0.717) is 23.9 Å². The zero-order valence-corrected chi connectivity index (χ0v) is 24.5. The molecule has 1 saturated carbocycles. The minimum atomic E-state index is -1.58. The predicted octanol–water partition coefficient (Wildman–Crippen LogP) is 4.63. The van der Waals surface area contributed by atoms with Crippen molar-refractivity contribution >= 4 is 17.9 Å². The minimum Gasteiger partial charge on any atom is -0.507 e. The number of benzene rings is 1. The van der Waals surface area contributed by atoms with Crippen LogP contribution in [0, 0.1) is 11.8 Å². The number of hydrogen-bond acceptors (Lipinski definition) is 8. The topological polar surface area (TPSA) is 130 Å². The molecular formula is C33H38O8. The lowest BCUT2D eigenvalue weighted by atomic mass is 9.51. The van der Waals surface area contributed by atoms with Crippen LogP contribution in [-0.4, -0.2) is 56.1 Å². The molecule has 6 rings (SSSR count). The molecule has 4 bridgehead atoms. The van der Waals surface area contributed by atoms with Crippen molar-refractivity contribution in [2.24, 2.45) is 11.8 Å². The molecule has 2 aliphatic heterocycles. The van der Waals surface area contributed by atoms with Gasteiger partial charge in [-0.3, -0.25) is 14.4 Å². The maximum absolute atomic E-state index is 14.5. The quantitative estimate of drug-likeness (QED) is 0.238. The zero-order chi connectivity index (χ0) is 30.2. The van der Waals surface area contributed by atoms with Crippen molar-refractivity contribution in [1.82, 2.24) is 0 Å². The van der Waals surface area contributed by atoms with Gasteiger partial charge in [0, 0.05) is 41.4 Å². The standard InChI is InChI=1S/C33H38O8/c1-16(2)8-9-20-26(36)21(14-23(35)17(3)4)27(37)25-28(38)22-12-19-13-24-31(6,7)41-32(30(19)39,11-10-18(5)15-34)33(22,24)40-29(20)25/h8,10,12,15,19,23-24,35-37H,3,9,11,13-14H2,1-2,4-7H3/b18-10+/t19-,23?,24+,32+,33-/m1/s1. The monoisotopic (exact) mass is 562 g/mol. The fourth-order valence-electron chi connectivity index (χ4n) is 7.17. The fraction of sp³-hybridized carbons (Fsp3) is 0.485. The molecule has 0 amide bonds. The van der Waals surface area contributed by atoms with Gasteiger partial charge in [0.05, 0.1) is 11.7 Å². The highest BCUT2D eigenvalue weighted by Crippen LogP contribution is 2.68. The van der Waals surface area contributed by atoms with Crippen molar-refractivity contribution in [1.29, 1.82) is 0 Å². The van der Waals surface area contributed by atoms with E-state index >= 15 is 0 Å². The van der Waals surface area contributed by atoms with Crippen LogP contribution in [0.5, 0.6) is 17.2 Å². The summed E-state index contributed by atoms with van der Waals surface area (Å²) < 4.78 is 13.5. The first-order valence-corrected chi connectivity index (χ1v) is 14.0. The first-order valence-electron chi connectivity index (χ1n) is 14.0. The van der Waals surface area contributed by atoms with Gasteiger partial charge in [-0.2, -0.15) is 0 Å². The average Bonchev–Trinajstić information content (AvgIpc) is 3.06. The number of aromatic hydroxyl groups is 2. The molecule has 1 aromatic carbocycles. The van der Waals surface area contributed by atoms with Gasteiger partial charge in [-0.05, 0) is 60.0 Å². The number of aliphatic hydroxyl groups is 1. The van der Waals surface area contributed by atoms with Gasteiger partial charge in [0.15, 0.2) is 22.8 Å². The van der Waals surface area contributed by atoms with Crippen LogP contribution in [0.15, 0.2) is 47.1 Å². The third-order valence-corrected chi connectivity index (χ3v) is 9.27. The lowest BCUT2D eigenvalue weighted by Gasteiger charge is -2.56. The van der Waals surface area contributed by atoms with Crippen LogP contribution in [0.4, 0.5) is 0 Å². The van der Waals surface area contributed by atoms with E-state index < -0.39 is 46.3 Å². The van der Waals surface area contributed by atoms with Crippen LogP contribution in [-0.2, 0) is 27.2 Å². The van der Waals surface area contributed by atoms with E-state index in [4.69, 9.17) is 9.47 Å².